The highest BCUT2D eigenvalue weighted by Gasteiger charge is 2.29. The number of rotatable bonds is 5. The molecule has 1 aromatic carbocycles. The van der Waals surface area contributed by atoms with Crippen LogP contribution in [0.1, 0.15) is 56.7 Å². The van der Waals surface area contributed by atoms with Crippen molar-refractivity contribution in [2.75, 3.05) is 13.1 Å². The van der Waals surface area contributed by atoms with Gasteiger partial charge in [-0.15, -0.1) is 10.2 Å². The number of ether oxygens (including phenoxy) is 1. The van der Waals surface area contributed by atoms with Gasteiger partial charge in [-0.05, 0) is 45.6 Å². The maximum atomic E-state index is 12.6. The van der Waals surface area contributed by atoms with E-state index in [1.54, 1.807) is 21.7 Å². The first-order valence-corrected chi connectivity index (χ1v) is 12.2. The zero-order chi connectivity index (χ0) is 25.3. The zero-order valence-corrected chi connectivity index (χ0v) is 20.7. The molecule has 10 nitrogen and oxygen atoms in total. The lowest BCUT2D eigenvalue weighted by molar-refractivity contribution is 0.0203. The van der Waals surface area contributed by atoms with Crippen molar-refractivity contribution in [2.45, 2.75) is 58.0 Å². The van der Waals surface area contributed by atoms with Gasteiger partial charge in [0.15, 0.2) is 0 Å². The molecule has 1 aliphatic heterocycles. The van der Waals surface area contributed by atoms with Gasteiger partial charge in [0, 0.05) is 31.5 Å². The lowest BCUT2D eigenvalue weighted by atomic mass is 9.93. The van der Waals surface area contributed by atoms with E-state index in [0.29, 0.717) is 55.3 Å². The minimum atomic E-state index is -0.533. The molecule has 0 aliphatic carbocycles. The van der Waals surface area contributed by atoms with Crippen LogP contribution in [0.2, 0.25) is 0 Å². The highest BCUT2D eigenvalue weighted by atomic mass is 16.6. The third kappa shape index (κ3) is 5.17. The number of aryl methyl sites for hydroxylation is 2. The zero-order valence-electron chi connectivity index (χ0n) is 20.7. The van der Waals surface area contributed by atoms with Crippen molar-refractivity contribution in [2.24, 2.45) is 0 Å². The lowest BCUT2D eigenvalue weighted by Gasteiger charge is -2.33. The molecule has 1 aliphatic rings. The van der Waals surface area contributed by atoms with Gasteiger partial charge < -0.3 is 19.0 Å². The Bertz CT molecular complexity index is 1410. The smallest absolute Gasteiger partial charge is 0.410 e. The maximum Gasteiger partial charge on any atom is 0.410 e. The molecule has 0 saturated carbocycles. The maximum absolute atomic E-state index is 12.6. The normalized spacial score (nSPS) is 14.9. The number of nitrogens with zero attached hydrogens (tertiary/aromatic N) is 5. The summed E-state index contributed by atoms with van der Waals surface area (Å²) in [6, 6.07) is 11.7. The van der Waals surface area contributed by atoms with Crippen molar-refractivity contribution in [3.8, 4) is 11.5 Å². The summed E-state index contributed by atoms with van der Waals surface area (Å²) >= 11 is 0. The number of piperidine rings is 1. The number of hydrogen-bond donors (Lipinski definition) is 1. The molecule has 0 spiro atoms. The minimum absolute atomic E-state index is 0.0744. The first-order valence-electron chi connectivity index (χ1n) is 12.2. The van der Waals surface area contributed by atoms with E-state index in [1.165, 1.54) is 5.56 Å². The summed E-state index contributed by atoms with van der Waals surface area (Å²) in [5, 5.41) is 12.9. The third-order valence-electron chi connectivity index (χ3n) is 6.27. The number of aromatic nitrogens is 5. The molecule has 0 atom stereocenters. The summed E-state index contributed by atoms with van der Waals surface area (Å²) < 4.78 is 13.1. The Labute approximate surface area is 208 Å². The highest BCUT2D eigenvalue weighted by molar-refractivity contribution is 5.71. The van der Waals surface area contributed by atoms with Crippen molar-refractivity contribution >= 4 is 11.7 Å². The lowest BCUT2D eigenvalue weighted by Crippen LogP contribution is -2.41. The average molecular weight is 491 g/mol. The van der Waals surface area contributed by atoms with E-state index in [-0.39, 0.29) is 17.6 Å². The molecule has 188 valence electrons. The second kappa shape index (κ2) is 9.60. The van der Waals surface area contributed by atoms with Crippen LogP contribution in [0.3, 0.4) is 0 Å². The predicted octanol–water partition coefficient (Wildman–Crippen LogP) is 3.97. The van der Waals surface area contributed by atoms with Crippen LogP contribution in [0.25, 0.3) is 17.1 Å². The van der Waals surface area contributed by atoms with E-state index in [9.17, 15) is 9.59 Å². The molecule has 5 rings (SSSR count). The number of H-pyrrole nitrogens is 1. The Morgan fingerprint density at radius 3 is 2.61 bits per heavy atom. The second-order valence-electron chi connectivity index (χ2n) is 10.1. The fourth-order valence-electron chi connectivity index (χ4n) is 4.50. The number of hydrogen-bond acceptors (Lipinski definition) is 7. The predicted molar refractivity (Wildman–Crippen MR) is 133 cm³/mol. The quantitative estimate of drug-likeness (QED) is 0.450. The van der Waals surface area contributed by atoms with Gasteiger partial charge in [-0.2, -0.15) is 5.10 Å². The molecule has 0 bridgehead atoms. The van der Waals surface area contributed by atoms with Crippen LogP contribution in [-0.2, 0) is 17.6 Å². The summed E-state index contributed by atoms with van der Waals surface area (Å²) in [4.78, 5) is 29.6. The van der Waals surface area contributed by atoms with Crippen LogP contribution in [0, 0.1) is 0 Å². The van der Waals surface area contributed by atoms with Crippen LogP contribution in [-0.4, -0.2) is 54.5 Å². The van der Waals surface area contributed by atoms with E-state index in [1.807, 2.05) is 39.0 Å². The average Bonchev–Trinajstić information content (AvgIpc) is 3.49. The van der Waals surface area contributed by atoms with Gasteiger partial charge in [0.25, 0.3) is 11.4 Å². The molecule has 0 radical (unpaired) electrons. The van der Waals surface area contributed by atoms with Crippen LogP contribution >= 0.6 is 0 Å². The topological polar surface area (TPSA) is 119 Å². The molecule has 1 fully saturated rings. The summed E-state index contributed by atoms with van der Waals surface area (Å²) in [5.74, 6) is 0.923. The molecule has 36 heavy (non-hydrogen) atoms. The van der Waals surface area contributed by atoms with Gasteiger partial charge in [-0.1, -0.05) is 30.3 Å². The number of fused-ring (bicyclic) bond motifs is 1. The fraction of sp³-hybridized carbons (Fsp3) is 0.423. The van der Waals surface area contributed by atoms with E-state index in [2.05, 4.69) is 32.4 Å². The molecule has 1 N–H and O–H groups in total. The fourth-order valence-corrected chi connectivity index (χ4v) is 4.50. The van der Waals surface area contributed by atoms with Crippen molar-refractivity contribution < 1.29 is 13.9 Å². The van der Waals surface area contributed by atoms with Gasteiger partial charge >= 0.3 is 6.09 Å². The number of carbonyl (C=O) groups is 1. The second-order valence-corrected chi connectivity index (χ2v) is 10.1. The molecular formula is C26H30N6O4. The number of benzene rings is 1. The Balaban J connectivity index is 1.33. The summed E-state index contributed by atoms with van der Waals surface area (Å²) in [5.41, 5.74) is 2.34. The third-order valence-corrected chi connectivity index (χ3v) is 6.27. The van der Waals surface area contributed by atoms with E-state index in [0.717, 1.165) is 12.1 Å². The van der Waals surface area contributed by atoms with Crippen molar-refractivity contribution in [3.05, 3.63) is 70.1 Å². The molecule has 1 amide bonds. The first kappa shape index (κ1) is 23.8. The summed E-state index contributed by atoms with van der Waals surface area (Å²) in [7, 11) is 0. The van der Waals surface area contributed by atoms with Gasteiger partial charge in [0.2, 0.25) is 5.89 Å². The molecule has 4 heterocycles. The first-order chi connectivity index (χ1) is 17.3. The van der Waals surface area contributed by atoms with Crippen LogP contribution < -0.4 is 5.56 Å². The van der Waals surface area contributed by atoms with Gasteiger partial charge in [-0.25, -0.2) is 9.31 Å². The molecule has 10 heteroatoms. The molecule has 0 unspecified atom stereocenters. The number of likely N-dealkylation sites (tertiary alicyclic amines) is 1. The number of amides is 1. The summed E-state index contributed by atoms with van der Waals surface area (Å²) in [6.07, 6.45) is 4.15. The number of carbonyl (C=O) groups excluding carboxylic acids is 1. The van der Waals surface area contributed by atoms with Crippen LogP contribution in [0.4, 0.5) is 4.79 Å². The van der Waals surface area contributed by atoms with E-state index in [4.69, 9.17) is 9.15 Å². The van der Waals surface area contributed by atoms with Gasteiger partial charge in [-0.3, -0.25) is 4.79 Å². The van der Waals surface area contributed by atoms with Crippen molar-refractivity contribution in [1.29, 1.82) is 0 Å². The Hall–Kier alpha value is -3.95. The molecular weight excluding hydrogens is 460 g/mol. The van der Waals surface area contributed by atoms with E-state index < -0.39 is 5.60 Å². The van der Waals surface area contributed by atoms with Gasteiger partial charge in [0.05, 0.1) is 11.9 Å². The Morgan fingerprint density at radius 1 is 1.14 bits per heavy atom. The Morgan fingerprint density at radius 2 is 1.89 bits per heavy atom. The number of aromatic amines is 1. The minimum Gasteiger partial charge on any atom is -0.444 e. The monoisotopic (exact) mass is 490 g/mol. The van der Waals surface area contributed by atoms with E-state index >= 15 is 0 Å². The molecule has 4 aromatic rings. The van der Waals surface area contributed by atoms with Crippen molar-refractivity contribution in [1.82, 2.24) is 29.7 Å². The van der Waals surface area contributed by atoms with Crippen LogP contribution in [0.5, 0.6) is 0 Å². The summed E-state index contributed by atoms with van der Waals surface area (Å²) in [6.45, 7) is 6.67. The van der Waals surface area contributed by atoms with Crippen LogP contribution in [0.15, 0.2) is 51.8 Å². The highest BCUT2D eigenvalue weighted by Crippen LogP contribution is 2.30. The largest absolute Gasteiger partial charge is 0.444 e. The van der Waals surface area contributed by atoms with Gasteiger partial charge in [0.1, 0.15) is 16.8 Å². The SMILES string of the molecule is CC(C)(C)OC(=O)N1CCC(c2cc(=O)[nH]c3c(-c4nnc(CCc5ccccc5)o4)cnn23)CC1. The standard InChI is InChI=1S/C26H30N6O4/c1-26(2,3)36-25(34)31-13-11-18(12-14-31)20-15-21(33)28-23-19(16-27-32(20)23)24-30-29-22(35-24)10-9-17-7-5-4-6-8-17/h4-8,15-16,18H,9-14H2,1-3H3,(H,28,33). The Kier molecular flexibility index (Phi) is 6.34. The number of nitrogens with one attached hydrogen (secondary N) is 1. The molecule has 3 aromatic heterocycles. The van der Waals surface area contributed by atoms with Crippen molar-refractivity contribution in [3.63, 3.8) is 0 Å². The molecule has 1 saturated heterocycles.